The fourth-order valence-electron chi connectivity index (χ4n) is 2.70. The van der Waals surface area contributed by atoms with E-state index in [1.54, 1.807) is 7.11 Å². The Morgan fingerprint density at radius 3 is 2.57 bits per heavy atom. The van der Waals surface area contributed by atoms with Gasteiger partial charge in [0.05, 0.1) is 6.10 Å². The van der Waals surface area contributed by atoms with Crippen LogP contribution in [-0.2, 0) is 16.0 Å². The van der Waals surface area contributed by atoms with Gasteiger partial charge in [0, 0.05) is 19.6 Å². The highest BCUT2D eigenvalue weighted by atomic mass is 19.2. The molecule has 0 spiro atoms. The monoisotopic (exact) mass is 297 g/mol. The highest BCUT2D eigenvalue weighted by Gasteiger charge is 2.21. The highest BCUT2D eigenvalue weighted by Crippen LogP contribution is 2.20. The third kappa shape index (κ3) is 4.77. The van der Waals surface area contributed by atoms with Crippen molar-refractivity contribution in [3.63, 3.8) is 0 Å². The number of rotatable bonds is 5. The van der Waals surface area contributed by atoms with Gasteiger partial charge >= 0.3 is 0 Å². The molecule has 1 aromatic rings. The van der Waals surface area contributed by atoms with E-state index in [1.165, 1.54) is 6.07 Å². The molecule has 1 N–H and O–H groups in total. The first kappa shape index (κ1) is 15.9. The van der Waals surface area contributed by atoms with Crippen molar-refractivity contribution in [1.29, 1.82) is 0 Å². The molecule has 0 aliphatic heterocycles. The second kappa shape index (κ2) is 7.50. The van der Waals surface area contributed by atoms with E-state index in [9.17, 15) is 13.6 Å². The number of ether oxygens (including phenoxy) is 1. The van der Waals surface area contributed by atoms with Crippen LogP contribution in [0.15, 0.2) is 18.2 Å². The van der Waals surface area contributed by atoms with E-state index >= 15 is 0 Å². The molecule has 1 aliphatic carbocycles. The fourth-order valence-corrected chi connectivity index (χ4v) is 2.70. The molecule has 1 amide bonds. The van der Waals surface area contributed by atoms with Gasteiger partial charge in [0.25, 0.3) is 0 Å². The first-order chi connectivity index (χ1) is 10.1. The maximum Gasteiger partial charge on any atom is 0.220 e. The lowest BCUT2D eigenvalue weighted by Gasteiger charge is -2.28. The number of benzene rings is 1. The molecular formula is C16H21F2NO2. The summed E-state index contributed by atoms with van der Waals surface area (Å²) in [5.41, 5.74) is 0.632. The molecule has 0 atom stereocenters. The molecule has 2 rings (SSSR count). The van der Waals surface area contributed by atoms with Crippen molar-refractivity contribution in [2.75, 3.05) is 7.11 Å². The molecule has 116 valence electrons. The van der Waals surface area contributed by atoms with Gasteiger partial charge in [-0.15, -0.1) is 0 Å². The number of halogens is 2. The minimum Gasteiger partial charge on any atom is -0.381 e. The highest BCUT2D eigenvalue weighted by molar-refractivity contribution is 5.76. The van der Waals surface area contributed by atoms with Crippen molar-refractivity contribution in [2.45, 2.75) is 50.7 Å². The van der Waals surface area contributed by atoms with Gasteiger partial charge < -0.3 is 10.1 Å². The number of amides is 1. The largest absolute Gasteiger partial charge is 0.381 e. The van der Waals surface area contributed by atoms with Gasteiger partial charge in [0.1, 0.15) is 0 Å². The minimum atomic E-state index is -0.870. The second-order valence-corrected chi connectivity index (χ2v) is 5.53. The predicted molar refractivity (Wildman–Crippen MR) is 75.9 cm³/mol. The van der Waals surface area contributed by atoms with E-state index in [0.717, 1.165) is 37.8 Å². The normalized spacial score (nSPS) is 22.0. The van der Waals surface area contributed by atoms with E-state index in [1.807, 2.05) is 0 Å². The van der Waals surface area contributed by atoms with Crippen LogP contribution >= 0.6 is 0 Å². The third-order valence-corrected chi connectivity index (χ3v) is 4.00. The first-order valence-corrected chi connectivity index (χ1v) is 7.34. The van der Waals surface area contributed by atoms with Gasteiger partial charge in [-0.1, -0.05) is 6.07 Å². The van der Waals surface area contributed by atoms with Gasteiger partial charge in [0.2, 0.25) is 5.91 Å². The van der Waals surface area contributed by atoms with Crippen LogP contribution in [0.25, 0.3) is 0 Å². The molecule has 1 fully saturated rings. The Labute approximate surface area is 123 Å². The summed E-state index contributed by atoms with van der Waals surface area (Å²) in [4.78, 5) is 11.9. The maximum atomic E-state index is 13.1. The van der Waals surface area contributed by atoms with Crippen LogP contribution in [0.4, 0.5) is 8.78 Å². The molecule has 0 radical (unpaired) electrons. The summed E-state index contributed by atoms with van der Waals surface area (Å²) in [6.45, 7) is 0. The lowest BCUT2D eigenvalue weighted by molar-refractivity contribution is -0.122. The van der Waals surface area contributed by atoms with Crippen molar-refractivity contribution < 1.29 is 18.3 Å². The Balaban J connectivity index is 1.73. The zero-order valence-corrected chi connectivity index (χ0v) is 12.2. The van der Waals surface area contributed by atoms with E-state index in [4.69, 9.17) is 4.74 Å². The number of hydrogen-bond donors (Lipinski definition) is 1. The topological polar surface area (TPSA) is 38.3 Å². The molecular weight excluding hydrogens is 276 g/mol. The van der Waals surface area contributed by atoms with Crippen molar-refractivity contribution in [2.24, 2.45) is 0 Å². The zero-order chi connectivity index (χ0) is 15.2. The molecule has 1 aromatic carbocycles. The molecule has 3 nitrogen and oxygen atoms in total. The molecule has 0 bridgehead atoms. The zero-order valence-electron chi connectivity index (χ0n) is 12.2. The van der Waals surface area contributed by atoms with Crippen LogP contribution in [0.2, 0.25) is 0 Å². The SMILES string of the molecule is COC1CCC(NC(=O)CCc2ccc(F)c(F)c2)CC1. The molecule has 0 unspecified atom stereocenters. The van der Waals surface area contributed by atoms with Gasteiger partial charge in [-0.05, 0) is 49.8 Å². The van der Waals surface area contributed by atoms with Crippen LogP contribution < -0.4 is 5.32 Å². The number of carbonyl (C=O) groups excluding carboxylic acids is 1. The van der Waals surface area contributed by atoms with E-state index in [0.29, 0.717) is 18.1 Å². The van der Waals surface area contributed by atoms with Gasteiger partial charge in [-0.3, -0.25) is 4.79 Å². The Kier molecular flexibility index (Phi) is 5.67. The number of hydrogen-bond acceptors (Lipinski definition) is 2. The van der Waals surface area contributed by atoms with Crippen LogP contribution in [-0.4, -0.2) is 25.2 Å². The Bertz CT molecular complexity index is 485. The fraction of sp³-hybridized carbons (Fsp3) is 0.562. The molecule has 0 heterocycles. The Hall–Kier alpha value is -1.49. The van der Waals surface area contributed by atoms with E-state index in [-0.39, 0.29) is 18.4 Å². The van der Waals surface area contributed by atoms with Crippen LogP contribution in [0.1, 0.15) is 37.7 Å². The Morgan fingerprint density at radius 1 is 1.24 bits per heavy atom. The average Bonchev–Trinajstić information content (AvgIpc) is 2.49. The van der Waals surface area contributed by atoms with Crippen molar-refractivity contribution in [1.82, 2.24) is 5.32 Å². The smallest absolute Gasteiger partial charge is 0.220 e. The minimum absolute atomic E-state index is 0.0411. The van der Waals surface area contributed by atoms with Crippen LogP contribution in [0.3, 0.4) is 0 Å². The number of carbonyl (C=O) groups is 1. The summed E-state index contributed by atoms with van der Waals surface area (Å²) >= 11 is 0. The standard InChI is InChI=1S/C16H21F2NO2/c1-21-13-6-4-12(5-7-13)19-16(20)9-3-11-2-8-14(17)15(18)10-11/h2,8,10,12-13H,3-7,9H2,1H3,(H,19,20). The second-order valence-electron chi connectivity index (χ2n) is 5.53. The summed E-state index contributed by atoms with van der Waals surface area (Å²) < 4.78 is 31.2. The van der Waals surface area contributed by atoms with E-state index < -0.39 is 11.6 Å². The first-order valence-electron chi connectivity index (χ1n) is 7.34. The van der Waals surface area contributed by atoms with Crippen LogP contribution in [0, 0.1) is 11.6 Å². The number of aryl methyl sites for hydroxylation is 1. The third-order valence-electron chi connectivity index (χ3n) is 4.00. The predicted octanol–water partition coefficient (Wildman–Crippen LogP) is 2.97. The summed E-state index contributed by atoms with van der Waals surface area (Å²) in [6.07, 6.45) is 4.78. The molecule has 0 aromatic heterocycles. The molecule has 5 heteroatoms. The van der Waals surface area contributed by atoms with Crippen molar-refractivity contribution in [3.8, 4) is 0 Å². The van der Waals surface area contributed by atoms with Gasteiger partial charge in [-0.25, -0.2) is 8.78 Å². The van der Waals surface area contributed by atoms with Crippen LogP contribution in [0.5, 0.6) is 0 Å². The van der Waals surface area contributed by atoms with Gasteiger partial charge in [-0.2, -0.15) is 0 Å². The summed E-state index contributed by atoms with van der Waals surface area (Å²) in [6, 6.07) is 3.95. The number of nitrogens with one attached hydrogen (secondary N) is 1. The number of methoxy groups -OCH3 is 1. The molecule has 0 saturated heterocycles. The summed E-state index contributed by atoms with van der Waals surface area (Å²) in [5.74, 6) is -1.77. The van der Waals surface area contributed by atoms with Crippen molar-refractivity contribution in [3.05, 3.63) is 35.4 Å². The molecule has 1 saturated carbocycles. The maximum absolute atomic E-state index is 13.1. The quantitative estimate of drug-likeness (QED) is 0.907. The Morgan fingerprint density at radius 2 is 1.95 bits per heavy atom. The lowest BCUT2D eigenvalue weighted by Crippen LogP contribution is -2.39. The summed E-state index contributed by atoms with van der Waals surface area (Å²) in [7, 11) is 1.71. The average molecular weight is 297 g/mol. The van der Waals surface area contributed by atoms with Gasteiger partial charge in [0.15, 0.2) is 11.6 Å². The summed E-state index contributed by atoms with van der Waals surface area (Å²) in [5, 5.41) is 3.00. The van der Waals surface area contributed by atoms with Crippen molar-refractivity contribution >= 4 is 5.91 Å². The van der Waals surface area contributed by atoms with E-state index in [2.05, 4.69) is 5.32 Å². The molecule has 21 heavy (non-hydrogen) atoms. The lowest BCUT2D eigenvalue weighted by atomic mass is 9.93. The molecule has 1 aliphatic rings.